The van der Waals surface area contributed by atoms with E-state index in [0.717, 1.165) is 23.1 Å². The summed E-state index contributed by atoms with van der Waals surface area (Å²) in [5.74, 6) is -0.171. The van der Waals surface area contributed by atoms with Gasteiger partial charge in [-0.3, -0.25) is 4.79 Å². The molecule has 140 valence electrons. The first-order valence-corrected chi connectivity index (χ1v) is 10.6. The fourth-order valence-electron chi connectivity index (χ4n) is 3.46. The molecule has 1 aliphatic heterocycles. The number of carbonyl (C=O) groups excluding carboxylic acids is 1. The van der Waals surface area contributed by atoms with E-state index in [1.807, 2.05) is 49.5 Å². The van der Waals surface area contributed by atoms with Gasteiger partial charge in [-0.05, 0) is 24.6 Å². The maximum atomic E-state index is 13.0. The topological polar surface area (TPSA) is 62.6 Å². The summed E-state index contributed by atoms with van der Waals surface area (Å²) < 4.78 is 27.1. The second-order valence-corrected chi connectivity index (χ2v) is 8.70. The number of hydrogen-bond acceptors (Lipinski definition) is 3. The number of benzene rings is 1. The van der Waals surface area contributed by atoms with Crippen LogP contribution in [-0.2, 0) is 21.4 Å². The first kappa shape index (κ1) is 18.7. The van der Waals surface area contributed by atoms with E-state index >= 15 is 0 Å². The fraction of sp³-hybridized carbons (Fsp3) is 0.421. The number of hydrogen-bond donors (Lipinski definition) is 0. The molecule has 0 bridgehead atoms. The Labute approximate surface area is 155 Å². The fourth-order valence-corrected chi connectivity index (χ4v) is 4.27. The molecule has 1 atom stereocenters. The van der Waals surface area contributed by atoms with Crippen molar-refractivity contribution in [2.24, 2.45) is 0 Å². The summed E-state index contributed by atoms with van der Waals surface area (Å²) in [6, 6.07) is 12.0. The van der Waals surface area contributed by atoms with Crippen LogP contribution in [0.1, 0.15) is 29.8 Å². The Bertz CT molecular complexity index is 887. The van der Waals surface area contributed by atoms with Crippen molar-refractivity contribution >= 4 is 15.9 Å². The minimum absolute atomic E-state index is 0.127. The molecule has 1 aliphatic rings. The molecule has 1 aromatic heterocycles. The average Bonchev–Trinajstić information content (AvgIpc) is 3.07. The number of nitrogens with zero attached hydrogens (tertiary/aromatic N) is 3. The molecule has 0 unspecified atom stereocenters. The lowest BCUT2D eigenvalue weighted by molar-refractivity contribution is -0.134. The largest absolute Gasteiger partial charge is 0.348 e. The van der Waals surface area contributed by atoms with Crippen molar-refractivity contribution in [3.8, 4) is 0 Å². The van der Waals surface area contributed by atoms with Crippen molar-refractivity contribution in [1.82, 2.24) is 13.8 Å². The Balaban J connectivity index is 1.94. The van der Waals surface area contributed by atoms with Gasteiger partial charge in [-0.15, -0.1) is 0 Å². The third-order valence-corrected chi connectivity index (χ3v) is 6.21. The average molecular weight is 375 g/mol. The summed E-state index contributed by atoms with van der Waals surface area (Å²) in [6.07, 6.45) is 3.16. The molecule has 0 radical (unpaired) electrons. The van der Waals surface area contributed by atoms with Crippen molar-refractivity contribution < 1.29 is 13.2 Å². The third kappa shape index (κ3) is 3.68. The van der Waals surface area contributed by atoms with Crippen LogP contribution >= 0.6 is 0 Å². The monoisotopic (exact) mass is 375 g/mol. The second-order valence-electron chi connectivity index (χ2n) is 6.72. The molecule has 0 spiro atoms. The highest BCUT2D eigenvalue weighted by Gasteiger charge is 2.33. The van der Waals surface area contributed by atoms with E-state index in [1.165, 1.54) is 4.31 Å². The molecule has 0 saturated carbocycles. The molecule has 0 aliphatic carbocycles. The van der Waals surface area contributed by atoms with Gasteiger partial charge in [0.1, 0.15) is 0 Å². The van der Waals surface area contributed by atoms with Gasteiger partial charge in [0, 0.05) is 31.5 Å². The van der Waals surface area contributed by atoms with Gasteiger partial charge in [0.05, 0.1) is 18.8 Å². The molecular weight excluding hydrogens is 350 g/mol. The van der Waals surface area contributed by atoms with Crippen molar-refractivity contribution in [3.05, 3.63) is 59.4 Å². The molecule has 7 heteroatoms. The van der Waals surface area contributed by atoms with Crippen LogP contribution in [0.25, 0.3) is 0 Å². The van der Waals surface area contributed by atoms with Crippen LogP contribution < -0.4 is 0 Å². The molecule has 0 N–H and O–H groups in total. The van der Waals surface area contributed by atoms with Crippen LogP contribution in [0.2, 0.25) is 0 Å². The van der Waals surface area contributed by atoms with Gasteiger partial charge >= 0.3 is 0 Å². The molecule has 2 heterocycles. The van der Waals surface area contributed by atoms with E-state index in [9.17, 15) is 13.2 Å². The Morgan fingerprint density at radius 1 is 1.19 bits per heavy atom. The summed E-state index contributed by atoms with van der Waals surface area (Å²) in [5.41, 5.74) is 3.24. The number of likely N-dealkylation sites (N-methyl/N-ethyl adjacent to an activating group) is 1. The first-order valence-electron chi connectivity index (χ1n) is 8.77. The lowest BCUT2D eigenvalue weighted by Crippen LogP contribution is -2.47. The van der Waals surface area contributed by atoms with Crippen molar-refractivity contribution in [1.29, 1.82) is 0 Å². The second kappa shape index (κ2) is 7.25. The Morgan fingerprint density at radius 2 is 1.88 bits per heavy atom. The maximum Gasteiger partial charge on any atom is 0.238 e. The number of carbonyl (C=O) groups is 1. The normalized spacial score (nSPS) is 17.4. The van der Waals surface area contributed by atoms with Crippen LogP contribution in [0.5, 0.6) is 0 Å². The van der Waals surface area contributed by atoms with E-state index in [-0.39, 0.29) is 25.0 Å². The smallest absolute Gasteiger partial charge is 0.238 e. The highest BCUT2D eigenvalue weighted by atomic mass is 32.2. The molecule has 0 fully saturated rings. The summed E-state index contributed by atoms with van der Waals surface area (Å²) in [7, 11) is -3.41. The minimum Gasteiger partial charge on any atom is -0.348 e. The minimum atomic E-state index is -3.41. The molecule has 6 nitrogen and oxygen atoms in total. The van der Waals surface area contributed by atoms with E-state index in [0.29, 0.717) is 13.1 Å². The quantitative estimate of drug-likeness (QED) is 0.803. The predicted octanol–water partition coefficient (Wildman–Crippen LogP) is 2.01. The molecular formula is C19H25N3O3S. The van der Waals surface area contributed by atoms with Gasteiger partial charge in [-0.2, -0.15) is 4.31 Å². The predicted molar refractivity (Wildman–Crippen MR) is 101 cm³/mol. The van der Waals surface area contributed by atoms with E-state index < -0.39 is 10.0 Å². The van der Waals surface area contributed by atoms with E-state index in [1.54, 1.807) is 11.8 Å². The van der Waals surface area contributed by atoms with Crippen LogP contribution in [0, 0.1) is 6.92 Å². The van der Waals surface area contributed by atoms with Gasteiger partial charge in [0.25, 0.3) is 0 Å². The molecule has 1 amide bonds. The zero-order valence-corrected chi connectivity index (χ0v) is 16.2. The number of sulfonamides is 1. The lowest BCUT2D eigenvalue weighted by atomic mass is 9.99. The van der Waals surface area contributed by atoms with E-state index in [4.69, 9.17) is 0 Å². The van der Waals surface area contributed by atoms with Gasteiger partial charge < -0.3 is 9.47 Å². The van der Waals surface area contributed by atoms with Gasteiger partial charge in [-0.25, -0.2) is 8.42 Å². The zero-order valence-electron chi connectivity index (χ0n) is 15.4. The molecule has 1 aromatic carbocycles. The zero-order chi connectivity index (χ0) is 18.9. The Hall–Kier alpha value is -2.12. The van der Waals surface area contributed by atoms with Crippen molar-refractivity contribution in [2.45, 2.75) is 26.4 Å². The number of rotatable bonds is 5. The van der Waals surface area contributed by atoms with Gasteiger partial charge in [0.2, 0.25) is 15.9 Å². The van der Waals surface area contributed by atoms with Crippen LogP contribution in [0.3, 0.4) is 0 Å². The molecule has 3 rings (SSSR count). The first-order chi connectivity index (χ1) is 12.3. The standard InChI is InChI=1S/C19H25N3O3S/c1-4-21(26(3,24)25)14-18(23)22-13-12-20-11-5-6-17(20)19(22)16-9-7-15(2)8-10-16/h5-11,19H,4,12-14H2,1-3H3/t19-/m0/s1. The van der Waals surface area contributed by atoms with E-state index in [2.05, 4.69) is 4.57 Å². The summed E-state index contributed by atoms with van der Waals surface area (Å²) in [5, 5.41) is 0. The lowest BCUT2D eigenvalue weighted by Gasteiger charge is -2.38. The Morgan fingerprint density at radius 3 is 2.50 bits per heavy atom. The summed E-state index contributed by atoms with van der Waals surface area (Å²) >= 11 is 0. The summed E-state index contributed by atoms with van der Waals surface area (Å²) in [6.45, 7) is 5.19. The SMILES string of the molecule is CCN(CC(=O)N1CCn2cccc2[C@@H]1c1ccc(C)cc1)S(C)(=O)=O. The van der Waals surface area contributed by atoms with Crippen molar-refractivity contribution in [3.63, 3.8) is 0 Å². The number of fused-ring (bicyclic) bond motifs is 1. The van der Waals surface area contributed by atoms with Crippen LogP contribution in [0.4, 0.5) is 0 Å². The van der Waals surface area contributed by atoms with Crippen LogP contribution in [0.15, 0.2) is 42.6 Å². The summed E-state index contributed by atoms with van der Waals surface area (Å²) in [4.78, 5) is 14.8. The Kier molecular flexibility index (Phi) is 5.20. The number of aryl methyl sites for hydroxylation is 1. The van der Waals surface area contributed by atoms with Crippen molar-refractivity contribution in [2.75, 3.05) is 25.9 Å². The maximum absolute atomic E-state index is 13.0. The number of aromatic nitrogens is 1. The molecule has 0 saturated heterocycles. The van der Waals surface area contributed by atoms with Gasteiger partial charge in [-0.1, -0.05) is 36.8 Å². The van der Waals surface area contributed by atoms with Gasteiger partial charge in [0.15, 0.2) is 0 Å². The third-order valence-electron chi connectivity index (χ3n) is 4.89. The molecule has 2 aromatic rings. The number of amides is 1. The molecule has 26 heavy (non-hydrogen) atoms. The highest BCUT2D eigenvalue weighted by Crippen LogP contribution is 2.32. The highest BCUT2D eigenvalue weighted by molar-refractivity contribution is 7.88. The van der Waals surface area contributed by atoms with Crippen LogP contribution in [-0.4, -0.2) is 54.0 Å².